The zero-order valence-corrected chi connectivity index (χ0v) is 18.5. The number of carbonyl (C=O) groups excluding carboxylic acids is 2. The van der Waals surface area contributed by atoms with Crippen LogP contribution in [-0.4, -0.2) is 37.2 Å². The molecule has 4 saturated carbocycles. The van der Waals surface area contributed by atoms with Gasteiger partial charge in [0.1, 0.15) is 13.2 Å². The molecule has 6 heteroatoms. The second-order valence-corrected chi connectivity index (χ2v) is 10.4. The highest BCUT2D eigenvalue weighted by Gasteiger charge is 2.68. The summed E-state index contributed by atoms with van der Waals surface area (Å²) in [5.41, 5.74) is 13.0. The lowest BCUT2D eigenvalue weighted by molar-refractivity contribution is -0.149. The first-order valence-corrected chi connectivity index (χ1v) is 11.8. The van der Waals surface area contributed by atoms with E-state index in [2.05, 4.69) is 37.5 Å². The van der Waals surface area contributed by atoms with Crippen LogP contribution in [0.25, 0.3) is 0 Å². The van der Waals surface area contributed by atoms with Crippen molar-refractivity contribution >= 4 is 11.9 Å². The van der Waals surface area contributed by atoms with E-state index in [4.69, 9.17) is 20.9 Å². The standard InChI is InChI=1S/2C13H17NO2/c2*1-2-7-16-12(15)10-8-3-4-9(11(10)14)13(8)5-6-13/h2*2-4,8-11H,1,5-7,14H2/t8-,9+,10+,11+;8-,9+,10-,11-/m00/s1. The monoisotopic (exact) mass is 438 g/mol. The Balaban J connectivity index is 0.000000135. The fraction of sp³-hybridized carbons (Fsp3) is 0.615. The molecule has 4 N–H and O–H groups in total. The molecule has 0 aromatic carbocycles. The van der Waals surface area contributed by atoms with Crippen LogP contribution in [0.15, 0.2) is 49.6 Å². The van der Waals surface area contributed by atoms with Crippen molar-refractivity contribution in [1.29, 1.82) is 0 Å². The SMILES string of the molecule is C=CCOC(=O)[C@@H]1[C@@H](N)[C@H]2C=C[C@@H]1C21CC1.C=CCOC(=O)[C@H]1[C@H](N)[C@H]2C=C[C@@H]1C21CC1. The number of hydrogen-bond donors (Lipinski definition) is 2. The third kappa shape index (κ3) is 2.99. The Kier molecular flexibility index (Phi) is 5.21. The van der Waals surface area contributed by atoms with Crippen molar-refractivity contribution in [2.45, 2.75) is 37.8 Å². The zero-order valence-electron chi connectivity index (χ0n) is 18.5. The number of carbonyl (C=O) groups is 2. The molecule has 0 aliphatic heterocycles. The second kappa shape index (κ2) is 7.70. The smallest absolute Gasteiger partial charge is 0.311 e. The molecule has 0 radical (unpaired) electrons. The minimum Gasteiger partial charge on any atom is -0.461 e. The molecule has 8 atom stereocenters. The summed E-state index contributed by atoms with van der Waals surface area (Å²) in [6.07, 6.45) is 16.8. The van der Waals surface area contributed by atoms with Gasteiger partial charge >= 0.3 is 11.9 Å². The first-order valence-electron chi connectivity index (χ1n) is 11.8. The van der Waals surface area contributed by atoms with E-state index in [0.717, 1.165) is 0 Å². The molecule has 0 amide bonds. The number of nitrogens with two attached hydrogens (primary N) is 2. The van der Waals surface area contributed by atoms with Gasteiger partial charge in [-0.3, -0.25) is 9.59 Å². The summed E-state index contributed by atoms with van der Waals surface area (Å²) in [7, 11) is 0. The third-order valence-corrected chi connectivity index (χ3v) is 9.03. The van der Waals surface area contributed by atoms with Crippen molar-refractivity contribution in [1.82, 2.24) is 0 Å². The molecule has 172 valence electrons. The van der Waals surface area contributed by atoms with Gasteiger partial charge in [0.25, 0.3) is 0 Å². The fourth-order valence-electron chi connectivity index (χ4n) is 7.30. The van der Waals surface area contributed by atoms with Crippen LogP contribution in [0.4, 0.5) is 0 Å². The van der Waals surface area contributed by atoms with Crippen LogP contribution in [0.2, 0.25) is 0 Å². The van der Waals surface area contributed by atoms with Crippen molar-refractivity contribution in [3.63, 3.8) is 0 Å². The lowest BCUT2D eigenvalue weighted by atomic mass is 9.88. The molecule has 4 bridgehead atoms. The van der Waals surface area contributed by atoms with Gasteiger partial charge in [0.2, 0.25) is 0 Å². The van der Waals surface area contributed by atoms with E-state index in [1.54, 1.807) is 12.2 Å². The minimum absolute atomic E-state index is 0.0465. The molecule has 6 nitrogen and oxygen atoms in total. The number of ether oxygens (including phenoxy) is 2. The summed E-state index contributed by atoms with van der Waals surface area (Å²) in [4.78, 5) is 23.9. The first-order chi connectivity index (χ1) is 15.4. The van der Waals surface area contributed by atoms with Crippen LogP contribution in [-0.2, 0) is 19.1 Å². The highest BCUT2D eigenvalue weighted by atomic mass is 16.5. The third-order valence-electron chi connectivity index (χ3n) is 9.03. The maximum Gasteiger partial charge on any atom is 0.311 e. The molecule has 0 heterocycles. The average molecular weight is 439 g/mol. The van der Waals surface area contributed by atoms with E-state index in [-0.39, 0.29) is 49.1 Å². The van der Waals surface area contributed by atoms with E-state index in [1.165, 1.54) is 25.7 Å². The van der Waals surface area contributed by atoms with Crippen molar-refractivity contribution in [3.05, 3.63) is 49.6 Å². The Morgan fingerprint density at radius 2 is 1.09 bits per heavy atom. The molecule has 4 fully saturated rings. The molecule has 32 heavy (non-hydrogen) atoms. The topological polar surface area (TPSA) is 105 Å². The largest absolute Gasteiger partial charge is 0.461 e. The molecular formula is C26H34N2O4. The van der Waals surface area contributed by atoms with Crippen LogP contribution >= 0.6 is 0 Å². The van der Waals surface area contributed by atoms with E-state index in [0.29, 0.717) is 34.5 Å². The molecular weight excluding hydrogens is 404 g/mol. The van der Waals surface area contributed by atoms with Crippen LogP contribution in [0.5, 0.6) is 0 Å². The summed E-state index contributed by atoms with van der Waals surface area (Å²) in [6, 6.07) is -0.0929. The number of rotatable bonds is 6. The van der Waals surface area contributed by atoms with E-state index in [9.17, 15) is 9.59 Å². The van der Waals surface area contributed by atoms with E-state index < -0.39 is 0 Å². The number of esters is 2. The summed E-state index contributed by atoms with van der Waals surface area (Å²) in [5.74, 6) is 0.910. The predicted molar refractivity (Wildman–Crippen MR) is 121 cm³/mol. The van der Waals surface area contributed by atoms with Gasteiger partial charge in [0, 0.05) is 12.1 Å². The average Bonchev–Trinajstić information content (AvgIpc) is 3.64. The van der Waals surface area contributed by atoms with Gasteiger partial charge < -0.3 is 20.9 Å². The molecule has 6 aliphatic rings. The molecule has 0 unspecified atom stereocenters. The second-order valence-electron chi connectivity index (χ2n) is 10.4. The normalized spacial score (nSPS) is 41.3. The van der Waals surface area contributed by atoms with Gasteiger partial charge in [-0.25, -0.2) is 0 Å². The van der Waals surface area contributed by atoms with E-state index >= 15 is 0 Å². The maximum atomic E-state index is 11.9. The summed E-state index contributed by atoms with van der Waals surface area (Å²) in [6.45, 7) is 7.67. The van der Waals surface area contributed by atoms with Crippen LogP contribution in [0.1, 0.15) is 25.7 Å². The van der Waals surface area contributed by atoms with Crippen molar-refractivity contribution in [3.8, 4) is 0 Å². The quantitative estimate of drug-likeness (QED) is 0.488. The van der Waals surface area contributed by atoms with Crippen LogP contribution in [0.3, 0.4) is 0 Å². The Morgan fingerprint density at radius 1 is 0.750 bits per heavy atom. The summed E-state index contributed by atoms with van der Waals surface area (Å²) >= 11 is 0. The zero-order chi connectivity index (χ0) is 22.7. The number of hydrogen-bond acceptors (Lipinski definition) is 6. The Morgan fingerprint density at radius 3 is 1.38 bits per heavy atom. The van der Waals surface area contributed by atoms with Crippen molar-refractivity contribution in [2.75, 3.05) is 13.2 Å². The Labute approximate surface area is 189 Å². The molecule has 6 aliphatic carbocycles. The summed E-state index contributed by atoms with van der Waals surface area (Å²) in [5, 5.41) is 0. The highest BCUT2D eigenvalue weighted by molar-refractivity contribution is 5.76. The molecule has 0 aromatic heterocycles. The molecule has 2 spiro atoms. The maximum absolute atomic E-state index is 11.9. The predicted octanol–water partition coefficient (Wildman–Crippen LogP) is 2.51. The molecule has 6 rings (SSSR count). The van der Waals surface area contributed by atoms with Gasteiger partial charge in [0.05, 0.1) is 11.8 Å². The van der Waals surface area contributed by atoms with Gasteiger partial charge in [-0.1, -0.05) is 49.6 Å². The first kappa shape index (κ1) is 21.7. The van der Waals surface area contributed by atoms with Crippen molar-refractivity contribution in [2.24, 2.45) is 57.8 Å². The van der Waals surface area contributed by atoms with Gasteiger partial charge in [0.15, 0.2) is 0 Å². The Bertz CT molecular complexity index is 812. The lowest BCUT2D eigenvalue weighted by Gasteiger charge is -2.22. The lowest BCUT2D eigenvalue weighted by Crippen LogP contribution is -2.39. The molecule has 0 saturated heterocycles. The highest BCUT2D eigenvalue weighted by Crippen LogP contribution is 2.70. The Hall–Kier alpha value is -2.18. The van der Waals surface area contributed by atoms with Gasteiger partial charge in [-0.2, -0.15) is 0 Å². The van der Waals surface area contributed by atoms with Crippen LogP contribution in [0, 0.1) is 46.3 Å². The minimum atomic E-state index is -0.143. The van der Waals surface area contributed by atoms with Gasteiger partial charge in [-0.15, -0.1) is 0 Å². The van der Waals surface area contributed by atoms with Crippen LogP contribution < -0.4 is 11.5 Å². The van der Waals surface area contributed by atoms with E-state index in [1.807, 2.05) is 0 Å². The van der Waals surface area contributed by atoms with Crippen molar-refractivity contribution < 1.29 is 19.1 Å². The number of allylic oxidation sites excluding steroid dienone is 2. The molecule has 0 aromatic rings. The summed E-state index contributed by atoms with van der Waals surface area (Å²) < 4.78 is 10.3. The fourth-order valence-corrected chi connectivity index (χ4v) is 7.30. The van der Waals surface area contributed by atoms with Gasteiger partial charge in [-0.05, 0) is 60.2 Å².